The van der Waals surface area contributed by atoms with E-state index in [1.165, 1.54) is 0 Å². The van der Waals surface area contributed by atoms with Crippen molar-refractivity contribution in [2.45, 2.75) is 57.3 Å². The normalized spacial score (nSPS) is 20.8. The van der Waals surface area contributed by atoms with E-state index in [0.29, 0.717) is 48.4 Å². The molecule has 0 spiro atoms. The number of aliphatic hydroxyl groups excluding tert-OH is 1. The number of hydrogen-bond donors (Lipinski definition) is 4. The van der Waals surface area contributed by atoms with E-state index < -0.39 is 18.2 Å². The molecule has 2 rings (SSSR count). The average molecular weight is 416 g/mol. The molecule has 6 nitrogen and oxygen atoms in total. The number of nitrogen functional groups attached to an aromatic ring is 1. The van der Waals surface area contributed by atoms with Gasteiger partial charge < -0.3 is 26.4 Å². The number of halogens is 3. The van der Waals surface area contributed by atoms with E-state index in [1.807, 2.05) is 6.92 Å². The fourth-order valence-electron chi connectivity index (χ4n) is 3.69. The number of carbonyl (C=O) groups is 1. The van der Waals surface area contributed by atoms with Crippen LogP contribution in [0.3, 0.4) is 0 Å². The van der Waals surface area contributed by atoms with Gasteiger partial charge in [0.2, 0.25) is 0 Å². The topological polar surface area (TPSA) is 90.6 Å². The number of nitrogens with one attached hydrogen (secondary N) is 2. The second-order valence-corrected chi connectivity index (χ2v) is 7.71. The molecule has 1 saturated carbocycles. The van der Waals surface area contributed by atoms with Crippen LogP contribution in [0.2, 0.25) is 0 Å². The molecule has 164 valence electrons. The Kier molecular flexibility index (Phi) is 7.62. The Balaban J connectivity index is 2.17. The first-order valence-electron chi connectivity index (χ1n) is 9.94. The van der Waals surface area contributed by atoms with E-state index in [9.17, 15) is 23.1 Å². The molecule has 9 heteroatoms. The molecule has 0 bridgehead atoms. The number of alkyl halides is 3. The van der Waals surface area contributed by atoms with Gasteiger partial charge in [0.25, 0.3) is 5.91 Å². The second-order valence-electron chi connectivity index (χ2n) is 7.71. The van der Waals surface area contributed by atoms with E-state index in [1.54, 1.807) is 31.1 Å². The molecule has 1 atom stereocenters. The van der Waals surface area contributed by atoms with Crippen molar-refractivity contribution in [3.8, 4) is 0 Å². The monoisotopic (exact) mass is 416 g/mol. The van der Waals surface area contributed by atoms with Gasteiger partial charge in [-0.15, -0.1) is 0 Å². The summed E-state index contributed by atoms with van der Waals surface area (Å²) in [5, 5.41) is 15.8. The molecule has 0 heterocycles. The maximum absolute atomic E-state index is 12.9. The van der Waals surface area contributed by atoms with Gasteiger partial charge in [-0.1, -0.05) is 6.92 Å². The van der Waals surface area contributed by atoms with Crippen LogP contribution in [0.5, 0.6) is 0 Å². The minimum atomic E-state index is -4.18. The maximum Gasteiger partial charge on any atom is 0.391 e. The van der Waals surface area contributed by atoms with Crippen LogP contribution in [0.15, 0.2) is 12.1 Å². The van der Waals surface area contributed by atoms with E-state index >= 15 is 0 Å². The van der Waals surface area contributed by atoms with Crippen LogP contribution >= 0.6 is 0 Å². The summed E-state index contributed by atoms with van der Waals surface area (Å²) in [6.45, 7) is 2.20. The summed E-state index contributed by atoms with van der Waals surface area (Å²) in [6.07, 6.45) is -3.54. The molecule has 29 heavy (non-hydrogen) atoms. The third-order valence-corrected chi connectivity index (χ3v) is 5.57. The molecule has 1 aromatic rings. The fraction of sp³-hybridized carbons (Fsp3) is 0.650. The van der Waals surface area contributed by atoms with Gasteiger partial charge in [-0.2, -0.15) is 13.2 Å². The Morgan fingerprint density at radius 2 is 1.93 bits per heavy atom. The largest absolute Gasteiger partial charge is 0.397 e. The lowest BCUT2D eigenvalue weighted by Gasteiger charge is -2.31. The number of hydrogen-bond acceptors (Lipinski definition) is 5. The molecular weight excluding hydrogens is 385 g/mol. The summed E-state index contributed by atoms with van der Waals surface area (Å²) in [5.74, 6) is -1.67. The molecule has 1 aliphatic carbocycles. The molecule has 1 aliphatic rings. The minimum Gasteiger partial charge on any atom is -0.397 e. The van der Waals surface area contributed by atoms with E-state index in [2.05, 4.69) is 10.6 Å². The van der Waals surface area contributed by atoms with Gasteiger partial charge in [-0.3, -0.25) is 4.79 Å². The van der Waals surface area contributed by atoms with Crippen LogP contribution in [0.25, 0.3) is 0 Å². The molecule has 1 amide bonds. The van der Waals surface area contributed by atoms with Crippen molar-refractivity contribution in [2.24, 2.45) is 5.92 Å². The highest BCUT2D eigenvalue weighted by Gasteiger charge is 2.41. The van der Waals surface area contributed by atoms with Crippen LogP contribution < -0.4 is 21.3 Å². The summed E-state index contributed by atoms with van der Waals surface area (Å²) >= 11 is 0. The smallest absolute Gasteiger partial charge is 0.391 e. The number of nitrogens with two attached hydrogens (primary N) is 1. The highest BCUT2D eigenvalue weighted by Crippen LogP contribution is 2.38. The zero-order chi connectivity index (χ0) is 21.8. The van der Waals surface area contributed by atoms with Crippen LogP contribution in [0.1, 0.15) is 49.4 Å². The Bertz CT molecular complexity index is 704. The summed E-state index contributed by atoms with van der Waals surface area (Å²) in [5.41, 5.74) is 8.01. The summed E-state index contributed by atoms with van der Waals surface area (Å²) in [7, 11) is 3.49. The van der Waals surface area contributed by atoms with Gasteiger partial charge in [0.15, 0.2) is 0 Å². The van der Waals surface area contributed by atoms with Gasteiger partial charge in [0.1, 0.15) is 0 Å². The van der Waals surface area contributed by atoms with Crippen molar-refractivity contribution in [3.63, 3.8) is 0 Å². The quantitative estimate of drug-likeness (QED) is 0.512. The minimum absolute atomic E-state index is 0.0186. The van der Waals surface area contributed by atoms with Crippen molar-refractivity contribution in [3.05, 3.63) is 17.7 Å². The predicted octanol–water partition coefficient (Wildman–Crippen LogP) is 3.37. The molecule has 1 aromatic carbocycles. The zero-order valence-corrected chi connectivity index (χ0v) is 17.1. The van der Waals surface area contributed by atoms with Crippen molar-refractivity contribution in [1.82, 2.24) is 5.32 Å². The summed E-state index contributed by atoms with van der Waals surface area (Å²) in [6, 6.07) is 3.01. The SMILES string of the molecule is CCC(O)CN(C)c1cc(NC)c(N)cc1C(=O)NC1CCC(C(F)(F)F)CC1. The Morgan fingerprint density at radius 1 is 1.31 bits per heavy atom. The van der Waals surface area contributed by atoms with Gasteiger partial charge in [-0.05, 0) is 44.2 Å². The number of amides is 1. The fourth-order valence-corrected chi connectivity index (χ4v) is 3.69. The van der Waals surface area contributed by atoms with Crippen LogP contribution in [-0.4, -0.2) is 50.0 Å². The van der Waals surface area contributed by atoms with Crippen molar-refractivity contribution in [1.29, 1.82) is 0 Å². The lowest BCUT2D eigenvalue weighted by Crippen LogP contribution is -2.40. The molecule has 1 fully saturated rings. The van der Waals surface area contributed by atoms with Crippen LogP contribution in [0, 0.1) is 5.92 Å². The molecular formula is C20H31F3N4O2. The summed E-state index contributed by atoms with van der Waals surface area (Å²) < 4.78 is 38.6. The molecule has 0 radical (unpaired) electrons. The van der Waals surface area contributed by atoms with Crippen LogP contribution in [-0.2, 0) is 0 Å². The average Bonchev–Trinajstić information content (AvgIpc) is 2.67. The first-order valence-corrected chi connectivity index (χ1v) is 9.94. The molecule has 0 aromatic heterocycles. The third kappa shape index (κ3) is 5.91. The number of nitrogens with zero attached hydrogens (tertiary/aromatic N) is 1. The Hall–Kier alpha value is -2.16. The number of aliphatic hydroxyl groups is 1. The van der Waals surface area contributed by atoms with Crippen molar-refractivity contribution >= 4 is 23.0 Å². The molecule has 1 unspecified atom stereocenters. The standard InChI is InChI=1S/C20H31F3N4O2/c1-4-14(28)11-27(3)18-10-17(25-2)16(24)9-15(18)19(29)26-13-7-5-12(6-8-13)20(21,22)23/h9-10,12-14,25,28H,4-8,11,24H2,1-3H3,(H,26,29). The number of anilines is 3. The van der Waals surface area contributed by atoms with E-state index in [-0.39, 0.29) is 24.8 Å². The third-order valence-electron chi connectivity index (χ3n) is 5.57. The van der Waals surface area contributed by atoms with Gasteiger partial charge in [-0.25, -0.2) is 0 Å². The van der Waals surface area contributed by atoms with E-state index in [4.69, 9.17) is 5.73 Å². The molecule has 5 N–H and O–H groups in total. The number of carbonyl (C=O) groups excluding carboxylic acids is 1. The first kappa shape index (κ1) is 23.1. The van der Waals surface area contributed by atoms with Gasteiger partial charge in [0, 0.05) is 26.7 Å². The van der Waals surface area contributed by atoms with Crippen molar-refractivity contribution in [2.75, 3.05) is 36.6 Å². The number of benzene rings is 1. The number of rotatable bonds is 7. The van der Waals surface area contributed by atoms with Crippen LogP contribution in [0.4, 0.5) is 30.2 Å². The lowest BCUT2D eigenvalue weighted by molar-refractivity contribution is -0.182. The highest BCUT2D eigenvalue weighted by molar-refractivity contribution is 6.02. The number of likely N-dealkylation sites (N-methyl/N-ethyl adjacent to an activating group) is 1. The van der Waals surface area contributed by atoms with Crippen molar-refractivity contribution < 1.29 is 23.1 Å². The predicted molar refractivity (Wildman–Crippen MR) is 109 cm³/mol. The lowest BCUT2D eigenvalue weighted by atomic mass is 9.85. The first-order chi connectivity index (χ1) is 13.6. The highest BCUT2D eigenvalue weighted by atomic mass is 19.4. The summed E-state index contributed by atoms with van der Waals surface area (Å²) in [4.78, 5) is 14.7. The maximum atomic E-state index is 12.9. The van der Waals surface area contributed by atoms with Gasteiger partial charge in [0.05, 0.1) is 34.6 Å². The zero-order valence-electron chi connectivity index (χ0n) is 17.1. The molecule has 0 aliphatic heterocycles. The molecule has 0 saturated heterocycles. The van der Waals surface area contributed by atoms with Gasteiger partial charge >= 0.3 is 6.18 Å². The second kappa shape index (κ2) is 9.56. The Morgan fingerprint density at radius 3 is 2.45 bits per heavy atom. The Labute approximate surface area is 169 Å². The van der Waals surface area contributed by atoms with E-state index in [0.717, 1.165) is 0 Å².